The van der Waals surface area contributed by atoms with Crippen molar-refractivity contribution in [2.45, 2.75) is 43.2 Å². The Morgan fingerprint density at radius 2 is 1.68 bits per heavy atom. The summed E-state index contributed by atoms with van der Waals surface area (Å²) in [4.78, 5) is 41.8. The maximum atomic E-state index is 15.4. The van der Waals surface area contributed by atoms with Crippen LogP contribution in [-0.2, 0) is 19.8 Å². The summed E-state index contributed by atoms with van der Waals surface area (Å²) >= 11 is 12.7. The van der Waals surface area contributed by atoms with Gasteiger partial charge in [-0.25, -0.2) is 8.78 Å². The van der Waals surface area contributed by atoms with Crippen LogP contribution in [0.1, 0.15) is 48.9 Å². The van der Waals surface area contributed by atoms with Crippen LogP contribution in [0, 0.1) is 11.6 Å². The fourth-order valence-corrected chi connectivity index (χ4v) is 6.35. The van der Waals surface area contributed by atoms with Crippen molar-refractivity contribution in [2.75, 3.05) is 19.4 Å². The lowest BCUT2D eigenvalue weighted by molar-refractivity contribution is -0.143. The summed E-state index contributed by atoms with van der Waals surface area (Å²) in [6.07, 6.45) is -0.221. The van der Waals surface area contributed by atoms with E-state index >= 15 is 4.39 Å². The van der Waals surface area contributed by atoms with Crippen molar-refractivity contribution in [2.24, 2.45) is 0 Å². The molecule has 2 N–H and O–H groups in total. The van der Waals surface area contributed by atoms with E-state index in [1.54, 1.807) is 64.3 Å². The van der Waals surface area contributed by atoms with Gasteiger partial charge in [-0.05, 0) is 67.9 Å². The highest BCUT2D eigenvalue weighted by molar-refractivity contribution is 6.31. The van der Waals surface area contributed by atoms with Crippen molar-refractivity contribution in [3.05, 3.63) is 93.0 Å². The molecule has 0 aliphatic carbocycles. The fraction of sp³-hybridized carbons (Fsp3) is 0.300. The minimum Gasteiger partial charge on any atom is -0.478 e. The van der Waals surface area contributed by atoms with Crippen LogP contribution in [0.15, 0.2) is 54.6 Å². The first-order valence-corrected chi connectivity index (χ1v) is 13.6. The minimum atomic E-state index is -1.68. The topological polar surface area (TPSA) is 87.7 Å². The summed E-state index contributed by atoms with van der Waals surface area (Å²) in [5, 5.41) is 6.23. The van der Waals surface area contributed by atoms with Crippen molar-refractivity contribution in [1.82, 2.24) is 10.2 Å². The maximum Gasteiger partial charge on any atom is 0.265 e. The van der Waals surface area contributed by atoms with Crippen molar-refractivity contribution in [1.29, 1.82) is 0 Å². The monoisotopic (exact) mass is 601 g/mol. The number of hydrogen-bond acceptors (Lipinski definition) is 4. The zero-order valence-electron chi connectivity index (χ0n) is 22.7. The fourth-order valence-electron chi connectivity index (χ4n) is 6.00. The van der Waals surface area contributed by atoms with Crippen LogP contribution >= 0.6 is 23.2 Å². The van der Waals surface area contributed by atoms with Crippen LogP contribution in [0.2, 0.25) is 10.0 Å². The average molecular weight is 602 g/mol. The van der Waals surface area contributed by atoms with Crippen LogP contribution in [0.3, 0.4) is 0 Å². The number of nitrogens with zero attached hydrogens (tertiary/aromatic N) is 1. The van der Waals surface area contributed by atoms with Crippen LogP contribution in [0.5, 0.6) is 5.75 Å². The maximum absolute atomic E-state index is 15.4. The number of carbonyl (C=O) groups is 3. The highest BCUT2D eigenvalue weighted by Crippen LogP contribution is 2.59. The smallest absolute Gasteiger partial charge is 0.265 e. The molecule has 0 aromatic heterocycles. The lowest BCUT2D eigenvalue weighted by atomic mass is 9.59. The molecule has 214 valence electrons. The van der Waals surface area contributed by atoms with Gasteiger partial charge in [0, 0.05) is 53.3 Å². The zero-order chi connectivity index (χ0) is 29.9. The molecule has 2 aliphatic heterocycles. The third-order valence-corrected chi connectivity index (χ3v) is 8.12. The number of ether oxygens (including phenoxy) is 1. The van der Waals surface area contributed by atoms with Gasteiger partial charge in [-0.15, -0.1) is 0 Å². The summed E-state index contributed by atoms with van der Waals surface area (Å²) < 4.78 is 36.2. The minimum absolute atomic E-state index is 0.200. The van der Waals surface area contributed by atoms with E-state index in [1.165, 1.54) is 4.90 Å². The molecule has 0 unspecified atom stereocenters. The summed E-state index contributed by atoms with van der Waals surface area (Å²) in [5.41, 5.74) is -2.06. The van der Waals surface area contributed by atoms with E-state index in [-0.39, 0.29) is 28.7 Å². The molecule has 0 bridgehead atoms. The van der Waals surface area contributed by atoms with Crippen molar-refractivity contribution in [3.63, 3.8) is 0 Å². The van der Waals surface area contributed by atoms with E-state index in [0.29, 0.717) is 21.8 Å². The lowest BCUT2D eigenvalue weighted by Crippen LogP contribution is -2.57. The third kappa shape index (κ3) is 4.81. The van der Waals surface area contributed by atoms with Crippen LogP contribution in [0.25, 0.3) is 0 Å². The van der Waals surface area contributed by atoms with Crippen LogP contribution in [0.4, 0.5) is 14.5 Å². The Labute approximate surface area is 245 Å². The van der Waals surface area contributed by atoms with Gasteiger partial charge in [0.25, 0.3) is 5.91 Å². The molecule has 2 heterocycles. The molecule has 3 amide bonds. The van der Waals surface area contributed by atoms with E-state index in [9.17, 15) is 18.8 Å². The van der Waals surface area contributed by atoms with Gasteiger partial charge in [-0.3, -0.25) is 14.4 Å². The largest absolute Gasteiger partial charge is 0.478 e. The van der Waals surface area contributed by atoms with Gasteiger partial charge < -0.3 is 20.3 Å². The van der Waals surface area contributed by atoms with Crippen LogP contribution < -0.4 is 15.4 Å². The summed E-state index contributed by atoms with van der Waals surface area (Å²) in [5.74, 6) is -3.69. The number of hydrogen-bond donors (Lipinski definition) is 2. The Hall–Kier alpha value is -3.69. The van der Waals surface area contributed by atoms with E-state index in [1.807, 2.05) is 0 Å². The zero-order valence-corrected chi connectivity index (χ0v) is 24.2. The Bertz CT molecular complexity index is 1600. The second-order valence-corrected chi connectivity index (χ2v) is 11.8. The molecule has 7 nitrogen and oxygen atoms in total. The number of nitrogens with one attached hydrogen (secondary N) is 2. The van der Waals surface area contributed by atoms with Gasteiger partial charge in [-0.1, -0.05) is 29.3 Å². The van der Waals surface area contributed by atoms with Gasteiger partial charge in [0.05, 0.1) is 6.04 Å². The molecule has 3 atom stereocenters. The molecule has 1 saturated heterocycles. The van der Waals surface area contributed by atoms with Crippen molar-refractivity contribution >= 4 is 46.6 Å². The number of rotatable bonds is 5. The molecular formula is C30H27Cl2F2N3O4. The Balaban J connectivity index is 1.80. The highest BCUT2D eigenvalue weighted by atomic mass is 35.5. The van der Waals surface area contributed by atoms with Crippen molar-refractivity contribution in [3.8, 4) is 5.75 Å². The standard InChI is InChI=1S/C30H27Cl2F2N3O4/c1-29(2,28(40)37(3)4)41-24-10-6-15(31)11-18(24)21-14-25(38)36-26(19-13-17(33)7-9-22(19)34)30(21)20-8-5-16(32)12-23(20)35-27(30)39/h5-13,21,26H,14H2,1-4H3,(H,35,39)(H,36,38)/t21-,26+,30-/m1/s1. The summed E-state index contributed by atoms with van der Waals surface area (Å²) in [7, 11) is 3.19. The quantitative estimate of drug-likeness (QED) is 0.390. The molecule has 1 fully saturated rings. The number of anilines is 1. The van der Waals surface area contributed by atoms with E-state index < -0.39 is 46.4 Å². The van der Waals surface area contributed by atoms with Gasteiger partial charge >= 0.3 is 0 Å². The molecular weight excluding hydrogens is 575 g/mol. The Kier molecular flexibility index (Phi) is 7.24. The molecule has 3 aromatic rings. The number of piperidine rings is 1. The first-order chi connectivity index (χ1) is 19.2. The number of halogens is 4. The summed E-state index contributed by atoms with van der Waals surface area (Å²) in [6.45, 7) is 3.20. The number of fused-ring (bicyclic) bond motifs is 2. The Morgan fingerprint density at radius 1 is 1.00 bits per heavy atom. The number of benzene rings is 3. The molecule has 0 saturated carbocycles. The van der Waals surface area contributed by atoms with E-state index in [4.69, 9.17) is 27.9 Å². The average Bonchev–Trinajstić information content (AvgIpc) is 3.18. The highest BCUT2D eigenvalue weighted by Gasteiger charge is 2.62. The first-order valence-electron chi connectivity index (χ1n) is 12.8. The predicted octanol–water partition coefficient (Wildman–Crippen LogP) is 5.75. The molecule has 3 aromatic carbocycles. The number of carbonyl (C=O) groups excluding carboxylic acids is 3. The molecule has 5 rings (SSSR count). The Morgan fingerprint density at radius 3 is 2.39 bits per heavy atom. The number of likely N-dealkylation sites (N-methyl/N-ethyl adjacent to an activating group) is 1. The van der Waals surface area contributed by atoms with E-state index in [2.05, 4.69) is 10.6 Å². The normalized spacial score (nSPS) is 21.8. The van der Waals surface area contributed by atoms with E-state index in [0.717, 1.165) is 18.2 Å². The summed E-state index contributed by atoms with van der Waals surface area (Å²) in [6, 6.07) is 11.0. The number of amides is 3. The third-order valence-electron chi connectivity index (χ3n) is 7.65. The van der Waals surface area contributed by atoms with Gasteiger partial charge in [0.1, 0.15) is 22.8 Å². The molecule has 41 heavy (non-hydrogen) atoms. The van der Waals surface area contributed by atoms with Crippen LogP contribution in [-0.4, -0.2) is 42.3 Å². The molecule has 11 heteroatoms. The van der Waals surface area contributed by atoms with Crippen molar-refractivity contribution < 1.29 is 27.9 Å². The predicted molar refractivity (Wildman–Crippen MR) is 151 cm³/mol. The SMILES string of the molecule is CN(C)C(=O)C(C)(C)Oc1ccc(Cl)cc1[C@H]1CC(=O)N[C@@H](c2cc(F)ccc2F)[C@]12C(=O)Nc1cc(Cl)ccc12. The molecule has 1 spiro atoms. The van der Waals surface area contributed by atoms with Gasteiger partial charge in [0.2, 0.25) is 11.8 Å². The first kappa shape index (κ1) is 28.8. The van der Waals surface area contributed by atoms with Gasteiger partial charge in [-0.2, -0.15) is 0 Å². The second kappa shape index (κ2) is 10.3. The molecule has 2 aliphatic rings. The van der Waals surface area contributed by atoms with Gasteiger partial charge in [0.15, 0.2) is 5.60 Å². The molecule has 0 radical (unpaired) electrons. The lowest BCUT2D eigenvalue weighted by Gasteiger charge is -2.47. The second-order valence-electron chi connectivity index (χ2n) is 10.9.